The number of hydrogen-bond acceptors (Lipinski definition) is 7. The van der Waals surface area contributed by atoms with Gasteiger partial charge in [-0.2, -0.15) is 12.7 Å². The van der Waals surface area contributed by atoms with Crippen molar-refractivity contribution in [2.45, 2.75) is 44.1 Å². The van der Waals surface area contributed by atoms with Crippen LogP contribution in [0, 0.1) is 5.92 Å². The zero-order valence-electron chi connectivity index (χ0n) is 14.0. The number of nitrogens with one attached hydrogen (secondary N) is 1. The Balaban J connectivity index is 2.83. The number of nitrogens with zero attached hydrogens (tertiary/aromatic N) is 1. The van der Waals surface area contributed by atoms with Gasteiger partial charge in [0, 0.05) is 31.1 Å². The van der Waals surface area contributed by atoms with Crippen molar-refractivity contribution in [1.82, 2.24) is 9.03 Å². The third-order valence-corrected chi connectivity index (χ3v) is 5.52. The van der Waals surface area contributed by atoms with Gasteiger partial charge >= 0.3 is 13.1 Å². The van der Waals surface area contributed by atoms with Gasteiger partial charge in [-0.1, -0.05) is 6.42 Å². The van der Waals surface area contributed by atoms with Crippen molar-refractivity contribution in [2.24, 2.45) is 17.4 Å². The SMILES string of the molecule is CC(C)(N)CNS(=O)(=O)N1C[C@H](CCCB(O)O)[C@](N)(C(=O)O)C1. The molecule has 1 aliphatic heterocycles. The lowest BCUT2D eigenvalue weighted by Gasteiger charge is -2.25. The Morgan fingerprint density at radius 2 is 2.04 bits per heavy atom. The van der Waals surface area contributed by atoms with Crippen LogP contribution in [0.15, 0.2) is 0 Å². The lowest BCUT2D eigenvalue weighted by atomic mass is 9.78. The molecule has 1 saturated heterocycles. The summed E-state index contributed by atoms with van der Waals surface area (Å²) in [6.45, 7) is 2.91. The highest BCUT2D eigenvalue weighted by Crippen LogP contribution is 2.31. The molecule has 0 bridgehead atoms. The van der Waals surface area contributed by atoms with E-state index in [1.807, 2.05) is 0 Å². The van der Waals surface area contributed by atoms with E-state index in [1.165, 1.54) is 0 Å². The molecule has 24 heavy (non-hydrogen) atoms. The van der Waals surface area contributed by atoms with Gasteiger partial charge in [-0.15, -0.1) is 0 Å². The van der Waals surface area contributed by atoms with Crippen LogP contribution in [-0.2, 0) is 15.0 Å². The van der Waals surface area contributed by atoms with Crippen molar-refractivity contribution in [2.75, 3.05) is 19.6 Å². The summed E-state index contributed by atoms with van der Waals surface area (Å²) in [5, 5.41) is 27.2. The number of carbonyl (C=O) groups is 1. The molecule has 0 amide bonds. The second kappa shape index (κ2) is 7.64. The summed E-state index contributed by atoms with van der Waals surface area (Å²) in [5.41, 5.74) is 9.23. The molecule has 10 nitrogen and oxygen atoms in total. The quantitative estimate of drug-likeness (QED) is 0.243. The predicted octanol–water partition coefficient (Wildman–Crippen LogP) is -2.47. The average Bonchev–Trinajstić information content (AvgIpc) is 2.75. The van der Waals surface area contributed by atoms with Crippen LogP contribution in [0.3, 0.4) is 0 Å². The van der Waals surface area contributed by atoms with Crippen molar-refractivity contribution in [1.29, 1.82) is 0 Å². The molecule has 0 radical (unpaired) electrons. The summed E-state index contributed by atoms with van der Waals surface area (Å²) < 4.78 is 28.1. The first-order chi connectivity index (χ1) is 10.8. The molecule has 0 spiro atoms. The molecule has 1 fully saturated rings. The zero-order chi connectivity index (χ0) is 18.8. The molecule has 0 aromatic carbocycles. The Morgan fingerprint density at radius 1 is 1.46 bits per heavy atom. The Bertz CT molecular complexity index is 552. The van der Waals surface area contributed by atoms with Crippen LogP contribution in [0.5, 0.6) is 0 Å². The van der Waals surface area contributed by atoms with Gasteiger partial charge in [0.15, 0.2) is 0 Å². The maximum atomic E-state index is 12.3. The van der Waals surface area contributed by atoms with Crippen molar-refractivity contribution < 1.29 is 28.4 Å². The Hall–Kier alpha value is -0.755. The fourth-order valence-corrected chi connectivity index (χ4v) is 4.08. The van der Waals surface area contributed by atoms with Crippen LogP contribution in [-0.4, -0.2) is 71.7 Å². The molecular weight excluding hydrogens is 339 g/mol. The standard InChI is InChI=1S/C12H27BN4O6S/c1-11(2,14)7-16-24(22,23)17-6-9(4-3-5-13(20)21)12(15,8-17)10(18)19/h9,16,20-21H,3-8,14-15H2,1-2H3,(H,18,19)/t9-,12-/m0/s1. The maximum Gasteiger partial charge on any atom is 0.451 e. The van der Waals surface area contributed by atoms with Crippen molar-refractivity contribution in [3.05, 3.63) is 0 Å². The van der Waals surface area contributed by atoms with E-state index in [4.69, 9.17) is 21.5 Å². The minimum absolute atomic E-state index is 0.00214. The molecule has 2 atom stereocenters. The summed E-state index contributed by atoms with van der Waals surface area (Å²) in [6.07, 6.45) is 0.666. The van der Waals surface area contributed by atoms with Crippen molar-refractivity contribution >= 4 is 23.3 Å². The molecule has 140 valence electrons. The van der Waals surface area contributed by atoms with Gasteiger partial charge in [0.05, 0.1) is 0 Å². The van der Waals surface area contributed by atoms with Crippen LogP contribution < -0.4 is 16.2 Å². The van der Waals surface area contributed by atoms with Gasteiger partial charge in [-0.05, 0) is 26.6 Å². The van der Waals surface area contributed by atoms with Gasteiger partial charge in [0.25, 0.3) is 10.2 Å². The average molecular weight is 366 g/mol. The number of hydrogen-bond donors (Lipinski definition) is 6. The summed E-state index contributed by atoms with van der Waals surface area (Å²) in [7, 11) is -5.40. The van der Waals surface area contributed by atoms with E-state index in [9.17, 15) is 18.3 Å². The topological polar surface area (TPSA) is 179 Å². The van der Waals surface area contributed by atoms with E-state index in [1.54, 1.807) is 13.8 Å². The van der Waals surface area contributed by atoms with Gasteiger partial charge in [-0.25, -0.2) is 4.72 Å². The minimum Gasteiger partial charge on any atom is -0.480 e. The summed E-state index contributed by atoms with van der Waals surface area (Å²) >= 11 is 0. The van der Waals surface area contributed by atoms with Crippen molar-refractivity contribution in [3.63, 3.8) is 0 Å². The van der Waals surface area contributed by atoms with Crippen LogP contribution in [0.25, 0.3) is 0 Å². The smallest absolute Gasteiger partial charge is 0.451 e. The molecule has 0 saturated carbocycles. The number of carboxylic acids is 1. The summed E-state index contributed by atoms with van der Waals surface area (Å²) in [6, 6.07) is 0. The number of aliphatic carboxylic acids is 1. The predicted molar refractivity (Wildman–Crippen MR) is 89.0 cm³/mol. The van der Waals surface area contributed by atoms with E-state index in [0.29, 0.717) is 6.42 Å². The zero-order valence-corrected chi connectivity index (χ0v) is 14.8. The van der Waals surface area contributed by atoms with E-state index in [2.05, 4.69) is 4.72 Å². The van der Waals surface area contributed by atoms with Crippen LogP contribution in [0.4, 0.5) is 0 Å². The molecule has 0 aromatic heterocycles. The molecule has 8 N–H and O–H groups in total. The van der Waals surface area contributed by atoms with Gasteiger partial charge in [0.2, 0.25) is 0 Å². The lowest BCUT2D eigenvalue weighted by Crippen LogP contribution is -2.56. The van der Waals surface area contributed by atoms with Gasteiger partial charge < -0.3 is 26.6 Å². The monoisotopic (exact) mass is 366 g/mol. The summed E-state index contributed by atoms with van der Waals surface area (Å²) in [5.74, 6) is -1.91. The molecule has 0 aliphatic carbocycles. The molecule has 0 aromatic rings. The molecule has 1 aliphatic rings. The Morgan fingerprint density at radius 3 is 2.50 bits per heavy atom. The number of carboxylic acid groups (broad SMARTS) is 1. The Kier molecular flexibility index (Phi) is 6.78. The molecule has 1 rings (SSSR count). The van der Waals surface area contributed by atoms with E-state index >= 15 is 0 Å². The molecule has 12 heteroatoms. The number of rotatable bonds is 9. The van der Waals surface area contributed by atoms with E-state index in [0.717, 1.165) is 4.31 Å². The molecular formula is C12H27BN4O6S. The fourth-order valence-electron chi connectivity index (χ4n) is 2.58. The van der Waals surface area contributed by atoms with E-state index in [-0.39, 0.29) is 32.4 Å². The third kappa shape index (κ3) is 5.65. The first kappa shape index (κ1) is 21.3. The van der Waals surface area contributed by atoms with Crippen LogP contribution >= 0.6 is 0 Å². The van der Waals surface area contributed by atoms with Crippen LogP contribution in [0.1, 0.15) is 26.7 Å². The highest BCUT2D eigenvalue weighted by atomic mass is 32.2. The second-order valence-corrected chi connectivity index (χ2v) is 8.82. The van der Waals surface area contributed by atoms with Gasteiger partial charge in [0.1, 0.15) is 5.54 Å². The summed E-state index contributed by atoms with van der Waals surface area (Å²) in [4.78, 5) is 11.5. The third-order valence-electron chi connectivity index (χ3n) is 4.05. The largest absolute Gasteiger partial charge is 0.480 e. The fraction of sp³-hybridized carbons (Fsp3) is 0.917. The Labute approximate surface area is 142 Å². The first-order valence-electron chi connectivity index (χ1n) is 7.70. The van der Waals surface area contributed by atoms with Crippen molar-refractivity contribution in [3.8, 4) is 0 Å². The highest BCUT2D eigenvalue weighted by Gasteiger charge is 2.52. The molecule has 1 heterocycles. The molecule has 0 unspecified atom stereocenters. The maximum absolute atomic E-state index is 12.3. The lowest BCUT2D eigenvalue weighted by molar-refractivity contribution is -0.144. The first-order valence-corrected chi connectivity index (χ1v) is 9.14. The minimum atomic E-state index is -3.91. The second-order valence-electron chi connectivity index (χ2n) is 7.06. The van der Waals surface area contributed by atoms with E-state index < -0.39 is 40.3 Å². The normalized spacial score (nSPS) is 25.8. The van der Waals surface area contributed by atoms with Crippen LogP contribution in [0.2, 0.25) is 6.32 Å². The highest BCUT2D eigenvalue weighted by molar-refractivity contribution is 7.87. The van der Waals surface area contributed by atoms with Gasteiger partial charge in [-0.3, -0.25) is 4.79 Å². The number of nitrogens with two attached hydrogens (primary N) is 2.